The van der Waals surface area contributed by atoms with Crippen LogP contribution in [0.5, 0.6) is 0 Å². The molecule has 0 radical (unpaired) electrons. The van der Waals surface area contributed by atoms with Crippen LogP contribution in [0, 0.1) is 0 Å². The molecule has 0 rings (SSSR count). The van der Waals surface area contributed by atoms with Crippen LogP contribution in [0.2, 0.25) is 0 Å². The van der Waals surface area contributed by atoms with Crippen molar-refractivity contribution in [3.8, 4) is 0 Å². The lowest BCUT2D eigenvalue weighted by Crippen LogP contribution is -2.05. The first-order chi connectivity index (χ1) is 10.7. The number of ether oxygens (including phenoxy) is 2. The topological polar surface area (TPSA) is 71.1 Å². The van der Waals surface area contributed by atoms with Crippen LogP contribution in [0.15, 0.2) is 0 Å². The van der Waals surface area contributed by atoms with E-state index >= 15 is 0 Å². The van der Waals surface area contributed by atoms with Gasteiger partial charge in [-0.05, 0) is 26.7 Å². The number of rotatable bonds is 15. The van der Waals surface area contributed by atoms with Crippen molar-refractivity contribution in [3.05, 3.63) is 0 Å². The monoisotopic (exact) mass is 354 g/mol. The third kappa shape index (κ3) is 15.9. The summed E-state index contributed by atoms with van der Waals surface area (Å²) in [4.78, 5) is 22.7. The first-order valence-corrected chi connectivity index (χ1v) is 9.32. The van der Waals surface area contributed by atoms with E-state index in [4.69, 9.17) is 17.8 Å². The van der Waals surface area contributed by atoms with Crippen LogP contribution >= 0.6 is 24.1 Å². The van der Waals surface area contributed by atoms with Crippen molar-refractivity contribution < 1.29 is 27.4 Å². The minimum Gasteiger partial charge on any atom is -0.452 e. The summed E-state index contributed by atoms with van der Waals surface area (Å²) in [5, 5.41) is 0. The largest absolute Gasteiger partial charge is 0.452 e. The van der Waals surface area contributed by atoms with Crippen molar-refractivity contribution in [2.24, 2.45) is 0 Å². The van der Waals surface area contributed by atoms with Crippen molar-refractivity contribution in [2.45, 2.75) is 52.4 Å². The molecule has 0 saturated carbocycles. The smallest absolute Gasteiger partial charge is 0.306 e. The Labute approximate surface area is 141 Å². The molecule has 22 heavy (non-hydrogen) atoms. The Morgan fingerprint density at radius 3 is 1.50 bits per heavy atom. The maximum absolute atomic E-state index is 11.3. The maximum atomic E-state index is 11.3. The van der Waals surface area contributed by atoms with Gasteiger partial charge in [-0.2, -0.15) is 0 Å². The van der Waals surface area contributed by atoms with Crippen LogP contribution in [0.25, 0.3) is 0 Å². The Morgan fingerprint density at radius 1 is 0.727 bits per heavy atom. The fraction of sp³-hybridized carbons (Fsp3) is 0.857. The summed E-state index contributed by atoms with van der Waals surface area (Å²) in [5.41, 5.74) is 0. The van der Waals surface area contributed by atoms with E-state index in [0.29, 0.717) is 26.1 Å². The molecule has 0 spiro atoms. The van der Waals surface area contributed by atoms with Crippen molar-refractivity contribution >= 4 is 36.0 Å². The highest BCUT2D eigenvalue weighted by Gasteiger charge is 2.05. The van der Waals surface area contributed by atoms with Crippen LogP contribution in [0.1, 0.15) is 52.4 Å². The molecule has 130 valence electrons. The van der Waals surface area contributed by atoms with Crippen molar-refractivity contribution in [2.75, 3.05) is 25.1 Å². The fourth-order valence-electron chi connectivity index (χ4n) is 1.45. The first-order valence-electron chi connectivity index (χ1n) is 7.50. The molecule has 0 saturated heterocycles. The predicted molar refractivity (Wildman–Crippen MR) is 88.1 cm³/mol. The van der Waals surface area contributed by atoms with E-state index in [1.54, 1.807) is 0 Å². The normalized spacial score (nSPS) is 10.5. The number of unbranched alkanes of at least 4 members (excludes halogenated alkanes) is 3. The molecule has 0 aliphatic heterocycles. The van der Waals surface area contributed by atoms with Gasteiger partial charge in [-0.1, -0.05) is 12.8 Å². The standard InChI is InChI=1S/C14H26O6S2/c1-3-19-21-11-17-13(15)9-7-5-6-8-10-14(16)18-12-22-20-4-2/h3-12H2,1-2H3. The van der Waals surface area contributed by atoms with E-state index in [2.05, 4.69) is 0 Å². The van der Waals surface area contributed by atoms with Gasteiger partial charge in [0.2, 0.25) is 0 Å². The highest BCUT2D eigenvalue weighted by molar-refractivity contribution is 7.94. The van der Waals surface area contributed by atoms with E-state index in [0.717, 1.165) is 49.8 Å². The number of carbonyl (C=O) groups is 2. The lowest BCUT2D eigenvalue weighted by Gasteiger charge is -2.05. The Morgan fingerprint density at radius 2 is 1.14 bits per heavy atom. The van der Waals surface area contributed by atoms with E-state index in [1.165, 1.54) is 0 Å². The number of esters is 2. The predicted octanol–water partition coefficient (Wildman–Crippen LogP) is 3.70. The minimum atomic E-state index is -0.209. The SMILES string of the molecule is CCOSCOC(=O)CCCCCCC(=O)OCSOCC. The average Bonchev–Trinajstić information content (AvgIpc) is 2.51. The first kappa shape index (κ1) is 21.6. The number of hydrogen-bond acceptors (Lipinski definition) is 8. The zero-order chi connectivity index (χ0) is 16.5. The maximum Gasteiger partial charge on any atom is 0.306 e. The molecule has 0 aliphatic carbocycles. The highest BCUT2D eigenvalue weighted by atomic mass is 32.2. The van der Waals surface area contributed by atoms with Crippen molar-refractivity contribution in [3.63, 3.8) is 0 Å². The highest BCUT2D eigenvalue weighted by Crippen LogP contribution is 2.09. The van der Waals surface area contributed by atoms with Crippen molar-refractivity contribution in [1.29, 1.82) is 0 Å². The molecule has 0 amide bonds. The Hall–Kier alpha value is -0.440. The van der Waals surface area contributed by atoms with Crippen molar-refractivity contribution in [1.82, 2.24) is 0 Å². The van der Waals surface area contributed by atoms with Crippen LogP contribution in [0.3, 0.4) is 0 Å². The third-order valence-electron chi connectivity index (χ3n) is 2.45. The summed E-state index contributed by atoms with van der Waals surface area (Å²) in [6.07, 6.45) is 4.15. The Kier molecular flexibility index (Phi) is 16.6. The zero-order valence-electron chi connectivity index (χ0n) is 13.3. The molecule has 0 aliphatic rings. The van der Waals surface area contributed by atoms with Crippen LogP contribution in [0.4, 0.5) is 0 Å². The molecule has 0 bridgehead atoms. The molecule has 0 fully saturated rings. The molecule has 0 heterocycles. The lowest BCUT2D eigenvalue weighted by atomic mass is 10.1. The van der Waals surface area contributed by atoms with Gasteiger partial charge in [0.25, 0.3) is 0 Å². The van der Waals surface area contributed by atoms with Gasteiger partial charge in [0, 0.05) is 36.9 Å². The van der Waals surface area contributed by atoms with Crippen LogP contribution < -0.4 is 0 Å². The molecule has 8 heteroatoms. The van der Waals surface area contributed by atoms with E-state index < -0.39 is 0 Å². The van der Waals surface area contributed by atoms with Gasteiger partial charge in [0.1, 0.15) is 0 Å². The molecular formula is C14H26O6S2. The molecule has 0 N–H and O–H groups in total. The summed E-state index contributed by atoms with van der Waals surface area (Å²) in [6.45, 7) is 4.94. The minimum absolute atomic E-state index is 0.209. The van der Waals surface area contributed by atoms with Gasteiger partial charge in [-0.15, -0.1) is 0 Å². The summed E-state index contributed by atoms with van der Waals surface area (Å²) in [5.74, 6) is 0.0513. The molecular weight excluding hydrogens is 328 g/mol. The quantitative estimate of drug-likeness (QED) is 0.191. The molecule has 0 unspecified atom stereocenters. The fourth-order valence-corrected chi connectivity index (χ4v) is 2.28. The molecule has 0 aromatic rings. The van der Waals surface area contributed by atoms with E-state index in [1.807, 2.05) is 13.8 Å². The molecule has 0 aromatic carbocycles. The van der Waals surface area contributed by atoms with Gasteiger partial charge < -0.3 is 17.8 Å². The average molecular weight is 354 g/mol. The zero-order valence-corrected chi connectivity index (χ0v) is 15.0. The Balaban J connectivity index is 3.28. The molecule has 0 aromatic heterocycles. The summed E-state index contributed by atoms with van der Waals surface area (Å²) >= 11 is 2.27. The molecule has 6 nitrogen and oxygen atoms in total. The summed E-state index contributed by atoms with van der Waals surface area (Å²) < 4.78 is 19.9. The van der Waals surface area contributed by atoms with Gasteiger partial charge >= 0.3 is 11.9 Å². The number of hydrogen-bond donors (Lipinski definition) is 0. The number of carbonyl (C=O) groups excluding carboxylic acids is 2. The third-order valence-corrected chi connectivity index (χ3v) is 3.68. The van der Waals surface area contributed by atoms with Gasteiger partial charge in [-0.3, -0.25) is 9.59 Å². The second-order valence-electron chi connectivity index (χ2n) is 4.23. The van der Waals surface area contributed by atoms with Gasteiger partial charge in [-0.25, -0.2) is 0 Å². The second kappa shape index (κ2) is 16.9. The van der Waals surface area contributed by atoms with E-state index in [9.17, 15) is 9.59 Å². The Bertz CT molecular complexity index is 261. The summed E-state index contributed by atoms with van der Waals surface area (Å²) in [6, 6.07) is 0. The van der Waals surface area contributed by atoms with E-state index in [-0.39, 0.29) is 23.8 Å². The van der Waals surface area contributed by atoms with Gasteiger partial charge in [0.15, 0.2) is 11.9 Å². The summed E-state index contributed by atoms with van der Waals surface area (Å²) in [7, 11) is 0. The second-order valence-corrected chi connectivity index (χ2v) is 5.65. The molecule has 0 atom stereocenters. The van der Waals surface area contributed by atoms with Crippen LogP contribution in [-0.2, 0) is 27.4 Å². The lowest BCUT2D eigenvalue weighted by molar-refractivity contribution is -0.142. The van der Waals surface area contributed by atoms with Crippen LogP contribution in [-0.4, -0.2) is 37.0 Å². The van der Waals surface area contributed by atoms with Gasteiger partial charge in [0.05, 0.1) is 13.2 Å².